The van der Waals surface area contributed by atoms with E-state index >= 15 is 0 Å². The second kappa shape index (κ2) is 7.82. The van der Waals surface area contributed by atoms with Crippen LogP contribution in [0.5, 0.6) is 5.75 Å². The van der Waals surface area contributed by atoms with Crippen LogP contribution in [0.3, 0.4) is 0 Å². The lowest BCUT2D eigenvalue weighted by Crippen LogP contribution is -2.60. The number of hydrogen-bond donors (Lipinski definition) is 4. The first-order valence-corrected chi connectivity index (χ1v) is 9.72. The molecule has 4 rings (SSSR count). The van der Waals surface area contributed by atoms with E-state index in [-0.39, 0.29) is 16.8 Å². The van der Waals surface area contributed by atoms with Crippen molar-refractivity contribution in [3.8, 4) is 16.3 Å². The number of thiazole rings is 1. The maximum atomic E-state index is 12.8. The van der Waals surface area contributed by atoms with Crippen LogP contribution < -0.4 is 10.2 Å². The Labute approximate surface area is 168 Å². The van der Waals surface area contributed by atoms with E-state index in [1.54, 1.807) is 0 Å². The van der Waals surface area contributed by atoms with Gasteiger partial charge in [-0.25, -0.2) is 4.98 Å². The highest BCUT2D eigenvalue weighted by Gasteiger charge is 2.44. The third kappa shape index (κ3) is 3.66. The molecule has 10 heteroatoms. The Balaban J connectivity index is 1.62. The number of aromatic nitrogens is 1. The molecule has 0 bridgehead atoms. The molecule has 4 N–H and O–H groups in total. The lowest BCUT2D eigenvalue weighted by Gasteiger charge is -2.39. The molecule has 1 aliphatic rings. The number of nitrogens with zero attached hydrogens (tertiary/aromatic N) is 1. The van der Waals surface area contributed by atoms with Crippen LogP contribution in [0.2, 0.25) is 0 Å². The van der Waals surface area contributed by atoms with E-state index in [4.69, 9.17) is 13.9 Å². The summed E-state index contributed by atoms with van der Waals surface area (Å²) in [4.78, 5) is 17.1. The number of aliphatic hydroxyl groups excluding tert-OH is 4. The van der Waals surface area contributed by atoms with Crippen molar-refractivity contribution in [2.75, 3.05) is 6.61 Å². The molecule has 1 saturated heterocycles. The third-order valence-electron chi connectivity index (χ3n) is 4.70. The summed E-state index contributed by atoms with van der Waals surface area (Å²) < 4.78 is 16.5. The fourth-order valence-corrected chi connectivity index (χ4v) is 3.91. The molecular weight excluding hydrogens is 402 g/mol. The fourth-order valence-electron chi connectivity index (χ4n) is 3.11. The molecule has 154 valence electrons. The van der Waals surface area contributed by atoms with E-state index in [9.17, 15) is 25.2 Å². The van der Waals surface area contributed by atoms with Crippen molar-refractivity contribution in [3.05, 3.63) is 45.8 Å². The maximum Gasteiger partial charge on any atom is 0.229 e. The zero-order chi connectivity index (χ0) is 20.7. The lowest BCUT2D eigenvalue weighted by atomic mass is 9.99. The Kier molecular flexibility index (Phi) is 5.38. The average molecular weight is 421 g/mol. The van der Waals surface area contributed by atoms with Gasteiger partial charge >= 0.3 is 0 Å². The van der Waals surface area contributed by atoms with Crippen LogP contribution in [-0.4, -0.2) is 62.7 Å². The zero-order valence-electron chi connectivity index (χ0n) is 15.3. The van der Waals surface area contributed by atoms with Crippen molar-refractivity contribution in [2.24, 2.45) is 0 Å². The van der Waals surface area contributed by atoms with E-state index in [0.29, 0.717) is 16.0 Å². The molecule has 1 aliphatic heterocycles. The minimum Gasteiger partial charge on any atom is -0.463 e. The SMILES string of the molecule is Cc1csc(-c2coc3cc(O[C@@H]4O[C@H](CO)[C@@H](O)[C@H](O)[C@H]4O)ccc3c2=O)n1. The van der Waals surface area contributed by atoms with Gasteiger partial charge in [0.2, 0.25) is 11.7 Å². The molecule has 0 radical (unpaired) electrons. The Bertz CT molecular complexity index is 1080. The summed E-state index contributed by atoms with van der Waals surface area (Å²) in [6, 6.07) is 4.47. The molecule has 0 unspecified atom stereocenters. The summed E-state index contributed by atoms with van der Waals surface area (Å²) in [5.74, 6) is 0.211. The Morgan fingerprint density at radius 3 is 2.69 bits per heavy atom. The number of aliphatic hydroxyl groups is 4. The monoisotopic (exact) mass is 421 g/mol. The Morgan fingerprint density at radius 2 is 2.00 bits per heavy atom. The fraction of sp³-hybridized carbons (Fsp3) is 0.368. The van der Waals surface area contributed by atoms with E-state index in [1.807, 2.05) is 12.3 Å². The van der Waals surface area contributed by atoms with Crippen LogP contribution >= 0.6 is 11.3 Å². The summed E-state index contributed by atoms with van der Waals surface area (Å²) in [6.07, 6.45) is -5.63. The summed E-state index contributed by atoms with van der Waals surface area (Å²) in [6.45, 7) is 1.28. The normalized spacial score (nSPS) is 27.3. The predicted octanol–water partition coefficient (Wildman–Crippen LogP) is 0.404. The first-order chi connectivity index (χ1) is 13.9. The molecule has 2 aromatic heterocycles. The van der Waals surface area contributed by atoms with Gasteiger partial charge in [0.05, 0.1) is 17.6 Å². The summed E-state index contributed by atoms with van der Waals surface area (Å²) >= 11 is 1.35. The van der Waals surface area contributed by atoms with Crippen molar-refractivity contribution >= 4 is 22.3 Å². The maximum absolute atomic E-state index is 12.8. The van der Waals surface area contributed by atoms with Gasteiger partial charge < -0.3 is 34.3 Å². The minimum absolute atomic E-state index is 0.211. The average Bonchev–Trinajstić information content (AvgIpc) is 3.14. The van der Waals surface area contributed by atoms with Gasteiger partial charge in [-0.2, -0.15) is 0 Å². The first-order valence-electron chi connectivity index (χ1n) is 8.84. The van der Waals surface area contributed by atoms with Crippen molar-refractivity contribution in [3.63, 3.8) is 0 Å². The lowest BCUT2D eigenvalue weighted by molar-refractivity contribution is -0.277. The summed E-state index contributed by atoms with van der Waals surface area (Å²) in [5, 5.41) is 41.8. The van der Waals surface area contributed by atoms with Crippen LogP contribution in [0.1, 0.15) is 5.69 Å². The number of aryl methyl sites for hydroxylation is 1. The summed E-state index contributed by atoms with van der Waals surface area (Å²) in [7, 11) is 0. The van der Waals surface area contributed by atoms with E-state index in [2.05, 4.69) is 4.98 Å². The molecule has 3 aromatic rings. The largest absolute Gasteiger partial charge is 0.463 e. The zero-order valence-corrected chi connectivity index (χ0v) is 16.1. The molecule has 0 amide bonds. The molecule has 9 nitrogen and oxygen atoms in total. The second-order valence-electron chi connectivity index (χ2n) is 6.75. The van der Waals surface area contributed by atoms with Crippen LogP contribution in [0.15, 0.2) is 39.1 Å². The molecule has 29 heavy (non-hydrogen) atoms. The molecule has 1 aromatic carbocycles. The molecule has 1 fully saturated rings. The topological polar surface area (TPSA) is 142 Å². The van der Waals surface area contributed by atoms with Gasteiger partial charge in [0.1, 0.15) is 47.0 Å². The number of fused-ring (bicyclic) bond motifs is 1. The van der Waals surface area contributed by atoms with E-state index in [0.717, 1.165) is 5.69 Å². The van der Waals surface area contributed by atoms with Gasteiger partial charge in [-0.3, -0.25) is 4.79 Å². The molecule has 5 atom stereocenters. The number of ether oxygens (including phenoxy) is 2. The van der Waals surface area contributed by atoms with Gasteiger partial charge in [0.25, 0.3) is 0 Å². The standard InChI is InChI=1S/C19H19NO8S/c1-8-7-29-18(20-8)11-6-26-12-4-9(2-3-10(12)14(11)22)27-19-17(25)16(24)15(23)13(5-21)28-19/h2-4,6-7,13,15-17,19,21,23-25H,5H2,1H3/t13-,15-,16+,17-,19-/m1/s1. The quantitative estimate of drug-likeness (QED) is 0.471. The van der Waals surface area contributed by atoms with Gasteiger partial charge in [-0.1, -0.05) is 0 Å². The van der Waals surface area contributed by atoms with Crippen molar-refractivity contribution in [1.29, 1.82) is 0 Å². The van der Waals surface area contributed by atoms with Crippen LogP contribution in [-0.2, 0) is 4.74 Å². The number of hydrogen-bond acceptors (Lipinski definition) is 10. The highest BCUT2D eigenvalue weighted by atomic mass is 32.1. The van der Waals surface area contributed by atoms with E-state index < -0.39 is 37.3 Å². The van der Waals surface area contributed by atoms with Gasteiger partial charge in [-0.05, 0) is 19.1 Å². The van der Waals surface area contributed by atoms with E-state index in [1.165, 1.54) is 35.8 Å². The van der Waals surface area contributed by atoms with Gasteiger partial charge in [0, 0.05) is 17.1 Å². The summed E-state index contributed by atoms with van der Waals surface area (Å²) in [5.41, 5.74) is 1.19. The number of rotatable bonds is 4. The van der Waals surface area contributed by atoms with Crippen molar-refractivity contribution in [1.82, 2.24) is 4.98 Å². The second-order valence-corrected chi connectivity index (χ2v) is 7.60. The van der Waals surface area contributed by atoms with Crippen molar-refractivity contribution < 1.29 is 34.3 Å². The van der Waals surface area contributed by atoms with Gasteiger partial charge in [0.15, 0.2) is 0 Å². The highest BCUT2D eigenvalue weighted by Crippen LogP contribution is 2.28. The number of benzene rings is 1. The van der Waals surface area contributed by atoms with Crippen molar-refractivity contribution in [2.45, 2.75) is 37.6 Å². The molecule has 0 aliphatic carbocycles. The molecule has 0 saturated carbocycles. The Morgan fingerprint density at radius 1 is 1.21 bits per heavy atom. The third-order valence-corrected chi connectivity index (χ3v) is 5.69. The van der Waals surface area contributed by atoms with Gasteiger partial charge in [-0.15, -0.1) is 11.3 Å². The first kappa shape index (κ1) is 20.0. The Hall–Kier alpha value is -2.34. The smallest absolute Gasteiger partial charge is 0.229 e. The van der Waals surface area contributed by atoms with Crippen LogP contribution in [0.25, 0.3) is 21.5 Å². The molecular formula is C19H19NO8S. The van der Waals surface area contributed by atoms with Crippen LogP contribution in [0.4, 0.5) is 0 Å². The molecule has 0 spiro atoms. The highest BCUT2D eigenvalue weighted by molar-refractivity contribution is 7.13. The van der Waals surface area contributed by atoms with Crippen LogP contribution in [0, 0.1) is 6.92 Å². The predicted molar refractivity (Wildman–Crippen MR) is 103 cm³/mol. The molecule has 3 heterocycles. The minimum atomic E-state index is -1.55.